The Kier molecular flexibility index (Phi) is 5.51. The Labute approximate surface area is 149 Å². The van der Waals surface area contributed by atoms with E-state index in [-0.39, 0.29) is 12.5 Å². The predicted octanol–water partition coefficient (Wildman–Crippen LogP) is 2.75. The Balaban J connectivity index is 1.82. The Morgan fingerprint density at radius 1 is 1.08 bits per heavy atom. The summed E-state index contributed by atoms with van der Waals surface area (Å²) < 4.78 is 5.72. The highest BCUT2D eigenvalue weighted by atomic mass is 16.6. The molecule has 0 amide bonds. The van der Waals surface area contributed by atoms with Gasteiger partial charge >= 0.3 is 5.97 Å². The van der Waals surface area contributed by atoms with Crippen molar-refractivity contribution >= 4 is 5.97 Å². The maximum Gasteiger partial charge on any atom is 0.343 e. The van der Waals surface area contributed by atoms with Crippen LogP contribution in [0.3, 0.4) is 0 Å². The largest absolute Gasteiger partial charge is 0.460 e. The third-order valence-electron chi connectivity index (χ3n) is 4.83. The lowest BCUT2D eigenvalue weighted by Crippen LogP contribution is -2.43. The first-order chi connectivity index (χ1) is 12.1. The van der Waals surface area contributed by atoms with Crippen LogP contribution in [-0.4, -0.2) is 42.2 Å². The van der Waals surface area contributed by atoms with Crippen LogP contribution in [0.5, 0.6) is 0 Å². The topological polar surface area (TPSA) is 49.8 Å². The number of esters is 1. The first kappa shape index (κ1) is 17.6. The zero-order chi connectivity index (χ0) is 17.7. The highest BCUT2D eigenvalue weighted by Crippen LogP contribution is 2.29. The standard InChI is InChI=1S/C21H25NO3/c1-22-14-12-19(13-15-22)25-20(23)21(24,18-10-6-3-7-11-18)16-17-8-4-2-5-9-17/h2-11,19,24H,12-16H2,1H3. The fourth-order valence-electron chi connectivity index (χ4n) is 3.25. The number of rotatable bonds is 5. The fourth-order valence-corrected chi connectivity index (χ4v) is 3.25. The second kappa shape index (κ2) is 7.81. The molecular weight excluding hydrogens is 314 g/mol. The van der Waals surface area contributed by atoms with Gasteiger partial charge in [-0.1, -0.05) is 60.7 Å². The lowest BCUT2D eigenvalue weighted by molar-refractivity contribution is -0.174. The maximum atomic E-state index is 12.9. The average molecular weight is 339 g/mol. The molecule has 1 aliphatic heterocycles. The van der Waals surface area contributed by atoms with Crippen LogP contribution < -0.4 is 0 Å². The molecule has 0 aromatic heterocycles. The number of ether oxygens (including phenoxy) is 1. The summed E-state index contributed by atoms with van der Waals surface area (Å²) in [5.41, 5.74) is -0.211. The molecular formula is C21H25NO3. The van der Waals surface area contributed by atoms with Crippen molar-refractivity contribution in [3.05, 3.63) is 71.8 Å². The van der Waals surface area contributed by atoms with Gasteiger partial charge in [-0.3, -0.25) is 0 Å². The zero-order valence-electron chi connectivity index (χ0n) is 14.6. The van der Waals surface area contributed by atoms with E-state index < -0.39 is 11.6 Å². The van der Waals surface area contributed by atoms with E-state index in [4.69, 9.17) is 4.74 Å². The van der Waals surface area contributed by atoms with E-state index in [2.05, 4.69) is 11.9 Å². The van der Waals surface area contributed by atoms with Gasteiger partial charge in [0.1, 0.15) is 6.10 Å². The van der Waals surface area contributed by atoms with Crippen LogP contribution in [-0.2, 0) is 21.6 Å². The van der Waals surface area contributed by atoms with Crippen LogP contribution in [0.2, 0.25) is 0 Å². The van der Waals surface area contributed by atoms with E-state index in [1.807, 2.05) is 48.5 Å². The Bertz CT molecular complexity index is 681. The number of likely N-dealkylation sites (tertiary alicyclic amines) is 1. The summed E-state index contributed by atoms with van der Waals surface area (Å²) in [5, 5.41) is 11.3. The number of carbonyl (C=O) groups is 1. The summed E-state index contributed by atoms with van der Waals surface area (Å²) in [7, 11) is 2.06. The van der Waals surface area contributed by atoms with Crippen molar-refractivity contribution in [1.29, 1.82) is 0 Å². The number of piperidine rings is 1. The minimum Gasteiger partial charge on any atom is -0.460 e. The number of hydrogen-bond acceptors (Lipinski definition) is 4. The molecule has 0 aliphatic carbocycles. The van der Waals surface area contributed by atoms with E-state index in [9.17, 15) is 9.90 Å². The van der Waals surface area contributed by atoms with Crippen molar-refractivity contribution in [3.63, 3.8) is 0 Å². The van der Waals surface area contributed by atoms with Crippen molar-refractivity contribution in [2.45, 2.75) is 31.0 Å². The summed E-state index contributed by atoms with van der Waals surface area (Å²) in [6.07, 6.45) is 1.68. The Hall–Kier alpha value is -2.17. The van der Waals surface area contributed by atoms with Crippen LogP contribution in [0.15, 0.2) is 60.7 Å². The number of nitrogens with zero attached hydrogens (tertiary/aromatic N) is 1. The van der Waals surface area contributed by atoms with Crippen LogP contribution in [0.1, 0.15) is 24.0 Å². The van der Waals surface area contributed by atoms with E-state index in [1.165, 1.54) is 0 Å². The number of hydrogen-bond donors (Lipinski definition) is 1. The van der Waals surface area contributed by atoms with E-state index in [0.717, 1.165) is 31.5 Å². The molecule has 0 radical (unpaired) electrons. The molecule has 1 atom stereocenters. The van der Waals surface area contributed by atoms with E-state index in [0.29, 0.717) is 5.56 Å². The summed E-state index contributed by atoms with van der Waals surface area (Å²) in [4.78, 5) is 15.2. The molecule has 2 aromatic rings. The highest BCUT2D eigenvalue weighted by molar-refractivity contribution is 5.81. The molecule has 2 aromatic carbocycles. The van der Waals surface area contributed by atoms with Crippen LogP contribution in [0.25, 0.3) is 0 Å². The molecule has 1 fully saturated rings. The Morgan fingerprint density at radius 2 is 1.64 bits per heavy atom. The number of carbonyl (C=O) groups excluding carboxylic acids is 1. The minimum atomic E-state index is -1.67. The molecule has 1 heterocycles. The molecule has 1 N–H and O–H groups in total. The van der Waals surface area contributed by atoms with Gasteiger partial charge in [-0.05, 0) is 31.0 Å². The van der Waals surface area contributed by atoms with E-state index >= 15 is 0 Å². The number of benzene rings is 2. The zero-order valence-corrected chi connectivity index (χ0v) is 14.6. The molecule has 0 bridgehead atoms. The summed E-state index contributed by atoms with van der Waals surface area (Å²) in [6.45, 7) is 1.81. The van der Waals surface area contributed by atoms with Gasteiger partial charge in [0, 0.05) is 19.5 Å². The summed E-state index contributed by atoms with van der Waals surface area (Å²) in [6, 6.07) is 18.6. The molecule has 4 nitrogen and oxygen atoms in total. The van der Waals surface area contributed by atoms with Crippen LogP contribution in [0, 0.1) is 0 Å². The number of aliphatic hydroxyl groups is 1. The van der Waals surface area contributed by atoms with Gasteiger partial charge in [-0.2, -0.15) is 0 Å². The quantitative estimate of drug-likeness (QED) is 0.851. The first-order valence-electron chi connectivity index (χ1n) is 8.79. The highest BCUT2D eigenvalue weighted by Gasteiger charge is 2.41. The molecule has 1 unspecified atom stereocenters. The van der Waals surface area contributed by atoms with Gasteiger partial charge in [-0.25, -0.2) is 4.79 Å². The summed E-state index contributed by atoms with van der Waals surface area (Å²) in [5.74, 6) is -0.558. The van der Waals surface area contributed by atoms with Crippen molar-refractivity contribution in [3.8, 4) is 0 Å². The molecule has 0 saturated carbocycles. The predicted molar refractivity (Wildman–Crippen MR) is 97.1 cm³/mol. The van der Waals surface area contributed by atoms with Crippen molar-refractivity contribution in [1.82, 2.24) is 4.90 Å². The minimum absolute atomic E-state index is 0.130. The van der Waals surface area contributed by atoms with Gasteiger partial charge in [0.25, 0.3) is 0 Å². The lowest BCUT2D eigenvalue weighted by Gasteiger charge is -2.32. The molecule has 132 valence electrons. The van der Waals surface area contributed by atoms with Gasteiger partial charge in [0.2, 0.25) is 0 Å². The summed E-state index contributed by atoms with van der Waals surface area (Å²) >= 11 is 0. The molecule has 25 heavy (non-hydrogen) atoms. The Morgan fingerprint density at radius 3 is 2.24 bits per heavy atom. The third kappa shape index (κ3) is 4.27. The molecule has 4 heteroatoms. The monoisotopic (exact) mass is 339 g/mol. The molecule has 3 rings (SSSR count). The van der Waals surface area contributed by atoms with Crippen molar-refractivity contribution in [2.75, 3.05) is 20.1 Å². The SMILES string of the molecule is CN1CCC(OC(=O)C(O)(Cc2ccccc2)c2ccccc2)CC1. The van der Waals surface area contributed by atoms with Gasteiger partial charge in [-0.15, -0.1) is 0 Å². The molecule has 1 aliphatic rings. The molecule has 1 saturated heterocycles. The normalized spacial score (nSPS) is 18.5. The fraction of sp³-hybridized carbons (Fsp3) is 0.381. The van der Waals surface area contributed by atoms with Gasteiger partial charge in [0.05, 0.1) is 0 Å². The van der Waals surface area contributed by atoms with Crippen molar-refractivity contribution in [2.24, 2.45) is 0 Å². The van der Waals surface area contributed by atoms with Crippen LogP contribution >= 0.6 is 0 Å². The van der Waals surface area contributed by atoms with Crippen molar-refractivity contribution < 1.29 is 14.6 Å². The van der Waals surface area contributed by atoms with Crippen LogP contribution in [0.4, 0.5) is 0 Å². The third-order valence-corrected chi connectivity index (χ3v) is 4.83. The van der Waals surface area contributed by atoms with E-state index in [1.54, 1.807) is 12.1 Å². The first-order valence-corrected chi connectivity index (χ1v) is 8.79. The average Bonchev–Trinajstić information content (AvgIpc) is 2.65. The maximum absolute atomic E-state index is 12.9. The van der Waals surface area contributed by atoms with Gasteiger partial charge < -0.3 is 14.7 Å². The lowest BCUT2D eigenvalue weighted by atomic mass is 9.87. The second-order valence-electron chi connectivity index (χ2n) is 6.80. The van der Waals surface area contributed by atoms with Gasteiger partial charge in [0.15, 0.2) is 5.60 Å². The molecule has 0 spiro atoms. The smallest absolute Gasteiger partial charge is 0.343 e. The second-order valence-corrected chi connectivity index (χ2v) is 6.80.